The Balaban J connectivity index is 1.66. The van der Waals surface area contributed by atoms with E-state index in [1.54, 1.807) is 6.92 Å². The number of aliphatic hydroxyl groups excluding tert-OH is 1. The van der Waals surface area contributed by atoms with E-state index in [1.807, 2.05) is 12.1 Å². The van der Waals surface area contributed by atoms with Crippen LogP contribution in [0.25, 0.3) is 11.0 Å². The van der Waals surface area contributed by atoms with Gasteiger partial charge in [0.15, 0.2) is 0 Å². The highest BCUT2D eigenvalue weighted by Gasteiger charge is 2.15. The quantitative estimate of drug-likeness (QED) is 0.617. The molecule has 138 valence electrons. The number of benzene rings is 2. The minimum absolute atomic E-state index is 0.577. The molecule has 3 rings (SSSR count). The maximum absolute atomic E-state index is 10.1. The lowest BCUT2D eigenvalue weighted by Gasteiger charge is -2.12. The van der Waals surface area contributed by atoms with Gasteiger partial charge in [-0.25, -0.2) is 4.98 Å². The van der Waals surface area contributed by atoms with E-state index in [4.69, 9.17) is 4.74 Å². The Morgan fingerprint density at radius 2 is 1.85 bits per heavy atom. The fraction of sp³-hybridized carbons (Fsp3) is 0.409. The average molecular weight is 352 g/mol. The van der Waals surface area contributed by atoms with Crippen LogP contribution in [0.5, 0.6) is 5.75 Å². The maximum atomic E-state index is 10.1. The number of fused-ring (bicyclic) bond motifs is 1. The van der Waals surface area contributed by atoms with Gasteiger partial charge in [-0.15, -0.1) is 0 Å². The van der Waals surface area contributed by atoms with Gasteiger partial charge in [-0.1, -0.05) is 12.1 Å². The lowest BCUT2D eigenvalue weighted by atomic mass is 10.1. The van der Waals surface area contributed by atoms with Crippen LogP contribution in [-0.2, 0) is 6.54 Å². The van der Waals surface area contributed by atoms with Crippen LogP contribution < -0.4 is 4.74 Å². The van der Waals surface area contributed by atoms with Gasteiger partial charge in [-0.2, -0.15) is 0 Å². The molecule has 0 aliphatic rings. The highest BCUT2D eigenvalue weighted by atomic mass is 16.5. The smallest absolute Gasteiger partial charge is 0.138 e. The van der Waals surface area contributed by atoms with Gasteiger partial charge in [0, 0.05) is 6.54 Å². The molecule has 1 atom stereocenters. The topological polar surface area (TPSA) is 47.3 Å². The molecule has 0 saturated carbocycles. The molecule has 1 N–H and O–H groups in total. The second-order valence-corrected chi connectivity index (χ2v) is 7.09. The van der Waals surface area contributed by atoms with E-state index in [0.29, 0.717) is 6.61 Å². The van der Waals surface area contributed by atoms with Crippen LogP contribution in [0, 0.1) is 20.8 Å². The molecule has 1 aromatic heterocycles. The SMILES string of the molecule is Cc1cccc(OCCCCn2c(C(C)O)nc3cc(C)c(C)cc32)c1. The summed E-state index contributed by atoms with van der Waals surface area (Å²) < 4.78 is 7.98. The van der Waals surface area contributed by atoms with Crippen LogP contribution >= 0.6 is 0 Å². The molecule has 3 aromatic rings. The van der Waals surface area contributed by atoms with E-state index in [9.17, 15) is 5.11 Å². The molecule has 0 bridgehead atoms. The molecular weight excluding hydrogens is 324 g/mol. The molecule has 4 nitrogen and oxygen atoms in total. The summed E-state index contributed by atoms with van der Waals surface area (Å²) in [7, 11) is 0. The van der Waals surface area contributed by atoms with Crippen molar-refractivity contribution in [1.82, 2.24) is 9.55 Å². The van der Waals surface area contributed by atoms with Gasteiger partial charge < -0.3 is 14.4 Å². The zero-order chi connectivity index (χ0) is 18.7. The molecule has 1 heterocycles. The van der Waals surface area contributed by atoms with Crippen LogP contribution in [0.2, 0.25) is 0 Å². The van der Waals surface area contributed by atoms with Gasteiger partial charge in [-0.05, 0) is 81.5 Å². The predicted molar refractivity (Wildman–Crippen MR) is 106 cm³/mol. The number of aryl methyl sites for hydroxylation is 4. The summed E-state index contributed by atoms with van der Waals surface area (Å²) in [6.45, 7) is 9.58. The Kier molecular flexibility index (Phi) is 5.62. The molecule has 26 heavy (non-hydrogen) atoms. The molecule has 0 amide bonds. The summed E-state index contributed by atoms with van der Waals surface area (Å²) in [6.07, 6.45) is 1.35. The first-order valence-corrected chi connectivity index (χ1v) is 9.30. The van der Waals surface area contributed by atoms with E-state index in [2.05, 4.69) is 54.6 Å². The molecule has 0 fully saturated rings. The Hall–Kier alpha value is -2.33. The predicted octanol–water partition coefficient (Wildman–Crippen LogP) is 4.87. The molecule has 0 aliphatic heterocycles. The van der Waals surface area contributed by atoms with Crippen LogP contribution in [-0.4, -0.2) is 21.3 Å². The Bertz CT molecular complexity index is 897. The van der Waals surface area contributed by atoms with Crippen molar-refractivity contribution in [3.63, 3.8) is 0 Å². The number of unbranched alkanes of at least 4 members (excludes halogenated alkanes) is 1. The number of hydrogen-bond acceptors (Lipinski definition) is 3. The van der Waals surface area contributed by atoms with Gasteiger partial charge in [0.25, 0.3) is 0 Å². The largest absolute Gasteiger partial charge is 0.494 e. The highest BCUT2D eigenvalue weighted by Crippen LogP contribution is 2.24. The Morgan fingerprint density at radius 1 is 1.08 bits per heavy atom. The zero-order valence-corrected chi connectivity index (χ0v) is 16.1. The lowest BCUT2D eigenvalue weighted by Crippen LogP contribution is -2.08. The van der Waals surface area contributed by atoms with Gasteiger partial charge in [0.05, 0.1) is 17.6 Å². The Morgan fingerprint density at radius 3 is 2.58 bits per heavy atom. The first-order chi connectivity index (χ1) is 12.5. The fourth-order valence-corrected chi connectivity index (χ4v) is 3.22. The summed E-state index contributed by atoms with van der Waals surface area (Å²) >= 11 is 0. The zero-order valence-electron chi connectivity index (χ0n) is 16.1. The van der Waals surface area contributed by atoms with Crippen molar-refractivity contribution in [2.75, 3.05) is 6.61 Å². The number of aliphatic hydroxyl groups is 1. The number of hydrogen-bond donors (Lipinski definition) is 1. The third-order valence-corrected chi connectivity index (χ3v) is 4.80. The standard InChI is InChI=1S/C22H28N2O2/c1-15-8-7-9-19(12-15)26-11-6-5-10-24-21-14-17(3)16(2)13-20(21)23-22(24)18(4)25/h7-9,12-14,18,25H,5-6,10-11H2,1-4H3. The highest BCUT2D eigenvalue weighted by molar-refractivity contribution is 5.78. The lowest BCUT2D eigenvalue weighted by molar-refractivity contribution is 0.184. The van der Waals surface area contributed by atoms with Crippen LogP contribution in [0.1, 0.15) is 48.4 Å². The number of rotatable bonds is 7. The monoisotopic (exact) mass is 352 g/mol. The van der Waals surface area contributed by atoms with Crippen molar-refractivity contribution in [2.45, 2.75) is 53.2 Å². The van der Waals surface area contributed by atoms with E-state index < -0.39 is 6.10 Å². The van der Waals surface area contributed by atoms with Crippen molar-refractivity contribution >= 4 is 11.0 Å². The van der Waals surface area contributed by atoms with E-state index >= 15 is 0 Å². The molecule has 0 saturated heterocycles. The van der Waals surface area contributed by atoms with E-state index in [-0.39, 0.29) is 0 Å². The second-order valence-electron chi connectivity index (χ2n) is 7.09. The minimum Gasteiger partial charge on any atom is -0.494 e. The average Bonchev–Trinajstić information content (AvgIpc) is 2.93. The van der Waals surface area contributed by atoms with Crippen LogP contribution in [0.15, 0.2) is 36.4 Å². The van der Waals surface area contributed by atoms with Gasteiger partial charge in [0.1, 0.15) is 17.7 Å². The maximum Gasteiger partial charge on any atom is 0.138 e. The molecule has 1 unspecified atom stereocenters. The Labute approximate surface area is 155 Å². The van der Waals surface area contributed by atoms with Crippen molar-refractivity contribution in [3.8, 4) is 5.75 Å². The minimum atomic E-state index is -0.577. The normalized spacial score (nSPS) is 12.5. The van der Waals surface area contributed by atoms with Gasteiger partial charge >= 0.3 is 0 Å². The molecule has 0 radical (unpaired) electrons. The summed E-state index contributed by atoms with van der Waals surface area (Å²) in [5, 5.41) is 10.1. The van der Waals surface area contributed by atoms with Crippen LogP contribution in [0.4, 0.5) is 0 Å². The van der Waals surface area contributed by atoms with Crippen molar-refractivity contribution < 1.29 is 9.84 Å². The molecule has 0 spiro atoms. The van der Waals surface area contributed by atoms with Crippen molar-refractivity contribution in [3.05, 3.63) is 58.9 Å². The number of imidazole rings is 1. The molecule has 0 aliphatic carbocycles. The van der Waals surface area contributed by atoms with E-state index in [0.717, 1.165) is 42.0 Å². The summed E-state index contributed by atoms with van der Waals surface area (Å²) in [5.41, 5.74) is 5.74. The first kappa shape index (κ1) is 18.5. The second kappa shape index (κ2) is 7.92. The molecule has 2 aromatic carbocycles. The molecular formula is C22H28N2O2. The number of nitrogens with zero attached hydrogens (tertiary/aromatic N) is 2. The van der Waals surface area contributed by atoms with Gasteiger partial charge in [0.2, 0.25) is 0 Å². The third-order valence-electron chi connectivity index (χ3n) is 4.80. The first-order valence-electron chi connectivity index (χ1n) is 9.30. The number of ether oxygens (including phenoxy) is 1. The van der Waals surface area contributed by atoms with E-state index in [1.165, 1.54) is 16.7 Å². The van der Waals surface area contributed by atoms with Crippen molar-refractivity contribution in [2.24, 2.45) is 0 Å². The number of aromatic nitrogens is 2. The van der Waals surface area contributed by atoms with Crippen LogP contribution in [0.3, 0.4) is 0 Å². The van der Waals surface area contributed by atoms with Crippen molar-refractivity contribution in [1.29, 1.82) is 0 Å². The fourth-order valence-electron chi connectivity index (χ4n) is 3.22. The summed E-state index contributed by atoms with van der Waals surface area (Å²) in [4.78, 5) is 4.65. The summed E-state index contributed by atoms with van der Waals surface area (Å²) in [5.74, 6) is 1.67. The molecule has 4 heteroatoms. The summed E-state index contributed by atoms with van der Waals surface area (Å²) in [6, 6.07) is 12.4. The third kappa shape index (κ3) is 4.07. The van der Waals surface area contributed by atoms with Gasteiger partial charge in [-0.3, -0.25) is 0 Å².